The molecule has 0 unspecified atom stereocenters. The summed E-state index contributed by atoms with van der Waals surface area (Å²) in [7, 11) is 1.32. The number of likely N-dealkylation sites (tertiary alicyclic amines) is 1. The van der Waals surface area contributed by atoms with Gasteiger partial charge in [0.15, 0.2) is 0 Å². The van der Waals surface area contributed by atoms with Crippen molar-refractivity contribution in [2.45, 2.75) is 31.6 Å². The molecule has 2 saturated heterocycles. The summed E-state index contributed by atoms with van der Waals surface area (Å²) in [6, 6.07) is 24.8. The first-order valence-electron chi connectivity index (χ1n) is 11.7. The molecule has 3 aromatic rings. The Bertz CT molecular complexity index is 1210. The third-order valence-corrected chi connectivity index (χ3v) is 6.74. The topological polar surface area (TPSA) is 70.7 Å². The Hall–Kier alpha value is -3.48. The van der Waals surface area contributed by atoms with E-state index in [1.54, 1.807) is 24.3 Å². The molecule has 2 heterocycles. The number of methoxy groups -OCH3 is 1. The lowest BCUT2D eigenvalue weighted by Gasteiger charge is -2.27. The number of benzene rings is 3. The minimum atomic E-state index is -0.460. The first-order chi connectivity index (χ1) is 16.6. The molecule has 2 bridgehead atoms. The van der Waals surface area contributed by atoms with Gasteiger partial charge in [-0.2, -0.15) is 0 Å². The fourth-order valence-corrected chi connectivity index (χ4v) is 4.98. The summed E-state index contributed by atoms with van der Waals surface area (Å²) in [6.45, 7) is 3.62. The Kier molecular flexibility index (Phi) is 6.43. The summed E-state index contributed by atoms with van der Waals surface area (Å²) in [5.74, 6) is -0.689. The van der Waals surface area contributed by atoms with Crippen molar-refractivity contribution in [3.8, 4) is 11.1 Å². The number of piperazine rings is 1. The van der Waals surface area contributed by atoms with E-state index < -0.39 is 5.97 Å². The molecule has 5 rings (SSSR count). The number of nitrogens with one attached hydrogen (secondary N) is 2. The first-order valence-corrected chi connectivity index (χ1v) is 11.7. The molecule has 0 spiro atoms. The van der Waals surface area contributed by atoms with E-state index in [-0.39, 0.29) is 5.91 Å². The van der Waals surface area contributed by atoms with Gasteiger partial charge in [-0.05, 0) is 59.0 Å². The van der Waals surface area contributed by atoms with Gasteiger partial charge in [-0.3, -0.25) is 9.69 Å². The molecule has 2 N–H and O–H groups in total. The monoisotopic (exact) mass is 455 g/mol. The third-order valence-electron chi connectivity index (χ3n) is 6.74. The van der Waals surface area contributed by atoms with Crippen LogP contribution in [0.4, 0.5) is 0 Å². The van der Waals surface area contributed by atoms with Crippen LogP contribution in [0.5, 0.6) is 0 Å². The molecule has 6 nitrogen and oxygen atoms in total. The smallest absolute Gasteiger partial charge is 0.337 e. The fourth-order valence-electron chi connectivity index (χ4n) is 4.98. The molecule has 3 aromatic carbocycles. The maximum absolute atomic E-state index is 12.6. The molecule has 0 aromatic heterocycles. The van der Waals surface area contributed by atoms with Crippen LogP contribution >= 0.6 is 0 Å². The molecular formula is C28H29N3O3. The van der Waals surface area contributed by atoms with Crippen LogP contribution in [0.15, 0.2) is 72.8 Å². The number of esters is 1. The van der Waals surface area contributed by atoms with E-state index in [2.05, 4.69) is 51.9 Å². The maximum Gasteiger partial charge on any atom is 0.337 e. The second-order valence-corrected chi connectivity index (χ2v) is 9.08. The number of ether oxygens (including phenoxy) is 1. The van der Waals surface area contributed by atoms with E-state index >= 15 is 0 Å². The third kappa shape index (κ3) is 4.88. The zero-order chi connectivity index (χ0) is 23.5. The molecule has 6 heteroatoms. The Balaban J connectivity index is 1.24. The van der Waals surface area contributed by atoms with Crippen molar-refractivity contribution in [3.63, 3.8) is 0 Å². The lowest BCUT2D eigenvalue weighted by molar-refractivity contribution is 0.0600. The van der Waals surface area contributed by atoms with E-state index in [1.807, 2.05) is 12.1 Å². The number of fused-ring (bicyclic) bond motifs is 2. The summed E-state index contributed by atoms with van der Waals surface area (Å²) in [6.07, 6.45) is 1.26. The van der Waals surface area contributed by atoms with Crippen molar-refractivity contribution in [1.29, 1.82) is 0 Å². The summed E-state index contributed by atoms with van der Waals surface area (Å²) in [5, 5.41) is 6.51. The molecule has 2 atom stereocenters. The molecule has 0 radical (unpaired) electrons. The zero-order valence-corrected chi connectivity index (χ0v) is 19.3. The zero-order valence-electron chi connectivity index (χ0n) is 19.3. The van der Waals surface area contributed by atoms with Gasteiger partial charge in [-0.15, -0.1) is 0 Å². The van der Waals surface area contributed by atoms with Gasteiger partial charge in [0.2, 0.25) is 0 Å². The predicted octanol–water partition coefficient (Wildman–Crippen LogP) is 3.62. The lowest BCUT2D eigenvalue weighted by Crippen LogP contribution is -2.42. The molecule has 174 valence electrons. The van der Waals surface area contributed by atoms with Gasteiger partial charge < -0.3 is 15.4 Å². The van der Waals surface area contributed by atoms with Crippen molar-refractivity contribution in [2.75, 3.05) is 20.2 Å². The number of nitrogens with zero attached hydrogens (tertiary/aromatic N) is 1. The Morgan fingerprint density at radius 2 is 1.68 bits per heavy atom. The van der Waals surface area contributed by atoms with Crippen LogP contribution in [-0.2, 0) is 17.8 Å². The van der Waals surface area contributed by atoms with Crippen LogP contribution in [0.1, 0.15) is 38.3 Å². The highest BCUT2D eigenvalue weighted by Crippen LogP contribution is 2.27. The molecule has 2 aliphatic rings. The van der Waals surface area contributed by atoms with Crippen LogP contribution in [0.25, 0.3) is 11.1 Å². The van der Waals surface area contributed by atoms with Crippen molar-refractivity contribution >= 4 is 11.9 Å². The number of hydrogen-bond acceptors (Lipinski definition) is 5. The van der Waals surface area contributed by atoms with Crippen LogP contribution in [0, 0.1) is 0 Å². The number of carbonyl (C=O) groups is 2. The van der Waals surface area contributed by atoms with Gasteiger partial charge in [0, 0.05) is 43.8 Å². The Morgan fingerprint density at radius 1 is 0.971 bits per heavy atom. The molecule has 34 heavy (non-hydrogen) atoms. The Morgan fingerprint density at radius 3 is 2.38 bits per heavy atom. The van der Waals surface area contributed by atoms with Gasteiger partial charge >= 0.3 is 5.97 Å². The largest absolute Gasteiger partial charge is 0.465 e. The second-order valence-electron chi connectivity index (χ2n) is 9.08. The van der Waals surface area contributed by atoms with Gasteiger partial charge in [0.05, 0.1) is 12.7 Å². The minimum absolute atomic E-state index is 0.229. The highest BCUT2D eigenvalue weighted by molar-refractivity contribution is 5.97. The standard InChI is InChI=1S/C28H29N3O3/c1-34-28(33)24-10-4-9-23(13-24)27(32)30-15-19-5-2-7-21(11-19)22-8-3-6-20(12-22)17-31-18-25-14-26(31)16-29-25/h2-13,25-26,29H,14-18H2,1H3,(H,30,32)/t25-,26+/m0/s1. The quantitative estimate of drug-likeness (QED) is 0.533. The fraction of sp³-hybridized carbons (Fsp3) is 0.286. The normalized spacial score (nSPS) is 19.2. The number of amides is 1. The van der Waals surface area contributed by atoms with Crippen molar-refractivity contribution < 1.29 is 14.3 Å². The molecule has 0 aliphatic carbocycles. The van der Waals surface area contributed by atoms with Crippen molar-refractivity contribution in [1.82, 2.24) is 15.5 Å². The van der Waals surface area contributed by atoms with Crippen LogP contribution in [0.3, 0.4) is 0 Å². The van der Waals surface area contributed by atoms with Gasteiger partial charge in [-0.1, -0.05) is 42.5 Å². The van der Waals surface area contributed by atoms with E-state index in [1.165, 1.54) is 24.7 Å². The molecule has 0 saturated carbocycles. The van der Waals surface area contributed by atoms with Gasteiger partial charge in [0.25, 0.3) is 5.91 Å². The van der Waals surface area contributed by atoms with Crippen molar-refractivity contribution in [3.05, 3.63) is 95.1 Å². The molecule has 2 fully saturated rings. The maximum atomic E-state index is 12.6. The SMILES string of the molecule is COC(=O)c1cccc(C(=O)NCc2cccc(-c3cccc(CN4C[C@@H]5C[C@@H]4CN5)c3)c2)c1. The number of rotatable bonds is 7. The lowest BCUT2D eigenvalue weighted by atomic mass is 10.0. The number of carbonyl (C=O) groups excluding carboxylic acids is 2. The van der Waals surface area contributed by atoms with E-state index in [0.717, 1.165) is 30.8 Å². The molecule has 1 amide bonds. The van der Waals surface area contributed by atoms with Crippen LogP contribution < -0.4 is 10.6 Å². The van der Waals surface area contributed by atoms with Gasteiger partial charge in [0.1, 0.15) is 0 Å². The van der Waals surface area contributed by atoms with Crippen molar-refractivity contribution in [2.24, 2.45) is 0 Å². The van der Waals surface area contributed by atoms with Crippen LogP contribution in [-0.4, -0.2) is 49.1 Å². The molecule has 2 aliphatic heterocycles. The average molecular weight is 456 g/mol. The average Bonchev–Trinajstić information content (AvgIpc) is 3.51. The van der Waals surface area contributed by atoms with E-state index in [4.69, 9.17) is 4.74 Å². The predicted molar refractivity (Wildman–Crippen MR) is 131 cm³/mol. The highest BCUT2D eigenvalue weighted by Gasteiger charge is 2.37. The summed E-state index contributed by atoms with van der Waals surface area (Å²) < 4.78 is 4.74. The second kappa shape index (κ2) is 9.79. The molecular weight excluding hydrogens is 426 g/mol. The van der Waals surface area contributed by atoms with E-state index in [9.17, 15) is 9.59 Å². The first kappa shape index (κ1) is 22.3. The minimum Gasteiger partial charge on any atom is -0.465 e. The summed E-state index contributed by atoms with van der Waals surface area (Å²) >= 11 is 0. The number of hydrogen-bond donors (Lipinski definition) is 2. The summed E-state index contributed by atoms with van der Waals surface area (Å²) in [4.78, 5) is 26.9. The van der Waals surface area contributed by atoms with Gasteiger partial charge in [-0.25, -0.2) is 4.79 Å². The Labute approximate surface area is 199 Å². The summed E-state index contributed by atoms with van der Waals surface area (Å²) in [5.41, 5.74) is 5.44. The van der Waals surface area contributed by atoms with Crippen LogP contribution in [0.2, 0.25) is 0 Å². The van der Waals surface area contributed by atoms with E-state index in [0.29, 0.717) is 29.8 Å². The highest BCUT2D eigenvalue weighted by atomic mass is 16.5.